The molecule has 0 bridgehead atoms. The van der Waals surface area contributed by atoms with Crippen molar-refractivity contribution in [2.24, 2.45) is 0 Å². The molecule has 2 saturated heterocycles. The molecule has 2 rings (SSSR count). The fourth-order valence-electron chi connectivity index (χ4n) is 2.84. The first-order valence-corrected chi connectivity index (χ1v) is 8.20. The number of fused-ring (bicyclic) bond motifs is 1. The summed E-state index contributed by atoms with van der Waals surface area (Å²) in [6, 6.07) is 0. The van der Waals surface area contributed by atoms with Crippen molar-refractivity contribution in [3.8, 4) is 0 Å². The Morgan fingerprint density at radius 2 is 1.84 bits per heavy atom. The summed E-state index contributed by atoms with van der Waals surface area (Å²) < 4.78 is 23.4. The van der Waals surface area contributed by atoms with Crippen LogP contribution in [0.2, 0.25) is 0 Å². The maximum atomic E-state index is 10.2. The van der Waals surface area contributed by atoms with Crippen LogP contribution >= 0.6 is 0 Å². The lowest BCUT2D eigenvalue weighted by atomic mass is 9.99. The highest BCUT2D eigenvalue weighted by molar-refractivity contribution is 5.24. The van der Waals surface area contributed by atoms with Crippen molar-refractivity contribution in [2.45, 2.75) is 43.9 Å². The van der Waals surface area contributed by atoms with Crippen molar-refractivity contribution in [1.82, 2.24) is 0 Å². The average Bonchev–Trinajstić information content (AvgIpc) is 2.65. The first-order valence-electron chi connectivity index (χ1n) is 8.20. The summed E-state index contributed by atoms with van der Waals surface area (Å²) in [5, 5.41) is 19.6. The van der Waals surface area contributed by atoms with Crippen LogP contribution in [-0.4, -0.2) is 60.4 Å². The van der Waals surface area contributed by atoms with Crippen LogP contribution in [0.5, 0.6) is 0 Å². The molecule has 2 aliphatic heterocycles. The summed E-state index contributed by atoms with van der Waals surface area (Å²) in [5.41, 5.74) is 1.43. The van der Waals surface area contributed by atoms with Crippen molar-refractivity contribution >= 4 is 0 Å². The molecule has 0 spiro atoms. The van der Waals surface area contributed by atoms with Crippen LogP contribution in [0, 0.1) is 0 Å². The average molecular weight is 350 g/mol. The number of hydrogen-bond donors (Lipinski definition) is 2. The second-order valence-electron chi connectivity index (χ2n) is 5.72. The van der Waals surface area contributed by atoms with Gasteiger partial charge in [-0.3, -0.25) is 0 Å². The molecule has 2 heterocycles. The van der Waals surface area contributed by atoms with Gasteiger partial charge in [-0.2, -0.15) is 0 Å². The van der Waals surface area contributed by atoms with E-state index in [0.717, 1.165) is 5.57 Å². The quantitative estimate of drug-likeness (QED) is 0.680. The lowest BCUT2D eigenvalue weighted by Gasteiger charge is -2.47. The van der Waals surface area contributed by atoms with E-state index in [2.05, 4.69) is 19.7 Å². The van der Waals surface area contributed by atoms with Gasteiger partial charge in [0.05, 0.1) is 13.2 Å². The number of aliphatic hydroxyl groups is 2. The molecule has 138 valence electrons. The van der Waals surface area contributed by atoms with E-state index in [1.54, 1.807) is 24.3 Å². The SMILES string of the molecule is C=C/C=C(\C=C)C1OC2COC(/C(C=C)=C/C)OC2C(C(O)CO)O1. The van der Waals surface area contributed by atoms with E-state index in [0.29, 0.717) is 5.57 Å². The Morgan fingerprint density at radius 3 is 2.40 bits per heavy atom. The molecular formula is C19H26O6. The van der Waals surface area contributed by atoms with Crippen molar-refractivity contribution in [3.05, 3.63) is 61.3 Å². The highest BCUT2D eigenvalue weighted by atomic mass is 16.8. The molecule has 25 heavy (non-hydrogen) atoms. The van der Waals surface area contributed by atoms with Crippen LogP contribution in [0.3, 0.4) is 0 Å². The third-order valence-corrected chi connectivity index (χ3v) is 4.19. The van der Waals surface area contributed by atoms with Crippen molar-refractivity contribution < 1.29 is 29.2 Å². The number of hydrogen-bond acceptors (Lipinski definition) is 6. The summed E-state index contributed by atoms with van der Waals surface area (Å²) in [6.07, 6.45) is 4.06. The van der Waals surface area contributed by atoms with E-state index in [1.165, 1.54) is 0 Å². The summed E-state index contributed by atoms with van der Waals surface area (Å²) in [4.78, 5) is 0. The largest absolute Gasteiger partial charge is 0.394 e. The van der Waals surface area contributed by atoms with Crippen molar-refractivity contribution in [2.75, 3.05) is 13.2 Å². The first-order chi connectivity index (χ1) is 12.1. The third kappa shape index (κ3) is 4.36. The van der Waals surface area contributed by atoms with Crippen molar-refractivity contribution in [1.29, 1.82) is 0 Å². The van der Waals surface area contributed by atoms with E-state index < -0.39 is 43.6 Å². The lowest BCUT2D eigenvalue weighted by Crippen LogP contribution is -2.61. The van der Waals surface area contributed by atoms with Gasteiger partial charge in [-0.15, -0.1) is 0 Å². The maximum Gasteiger partial charge on any atom is 0.184 e. The normalized spacial score (nSPS) is 34.8. The molecule has 6 heteroatoms. The standard InChI is InChI=1S/C19H26O6/c1-5-9-13(8-4)19-23-15-11-22-18(12(6-2)7-3)25-17(15)16(24-19)14(21)10-20/h5-9,14-21H,1-2,4,10-11H2,3H3/b12-7+,13-9+. The summed E-state index contributed by atoms with van der Waals surface area (Å²) in [5.74, 6) is 0. The van der Waals surface area contributed by atoms with Crippen molar-refractivity contribution in [3.63, 3.8) is 0 Å². The molecule has 0 saturated carbocycles. The Hall–Kier alpha value is -1.54. The second-order valence-corrected chi connectivity index (χ2v) is 5.72. The zero-order chi connectivity index (χ0) is 18.4. The van der Waals surface area contributed by atoms with Gasteiger partial charge in [0.25, 0.3) is 0 Å². The molecule has 0 aromatic heterocycles. The molecule has 2 N–H and O–H groups in total. The van der Waals surface area contributed by atoms with Crippen LogP contribution < -0.4 is 0 Å². The molecule has 2 aliphatic rings. The highest BCUT2D eigenvalue weighted by Gasteiger charge is 2.48. The molecule has 0 aromatic carbocycles. The van der Waals surface area contributed by atoms with Gasteiger partial charge < -0.3 is 29.2 Å². The van der Waals surface area contributed by atoms with Gasteiger partial charge in [-0.05, 0) is 6.92 Å². The van der Waals surface area contributed by atoms with Gasteiger partial charge in [0.2, 0.25) is 0 Å². The van der Waals surface area contributed by atoms with Gasteiger partial charge in [-0.25, -0.2) is 0 Å². The lowest BCUT2D eigenvalue weighted by molar-refractivity contribution is -0.352. The number of ether oxygens (including phenoxy) is 4. The number of rotatable bonds is 7. The Bertz CT molecular complexity index is 552. The zero-order valence-corrected chi connectivity index (χ0v) is 14.4. The minimum Gasteiger partial charge on any atom is -0.394 e. The second kappa shape index (κ2) is 9.24. The van der Waals surface area contributed by atoms with Gasteiger partial charge >= 0.3 is 0 Å². The topological polar surface area (TPSA) is 77.4 Å². The molecule has 0 radical (unpaired) electrons. The Morgan fingerprint density at radius 1 is 1.12 bits per heavy atom. The molecule has 0 aromatic rings. The predicted molar refractivity (Wildman–Crippen MR) is 93.7 cm³/mol. The van der Waals surface area contributed by atoms with Gasteiger partial charge in [0, 0.05) is 11.1 Å². The first kappa shape index (κ1) is 19.8. The summed E-state index contributed by atoms with van der Waals surface area (Å²) >= 11 is 0. The fourth-order valence-corrected chi connectivity index (χ4v) is 2.84. The number of aliphatic hydroxyl groups excluding tert-OH is 2. The monoisotopic (exact) mass is 350 g/mol. The summed E-state index contributed by atoms with van der Waals surface area (Å²) in [7, 11) is 0. The predicted octanol–water partition coefficient (Wildman–Crippen LogP) is 1.62. The van der Waals surface area contributed by atoms with E-state index in [4.69, 9.17) is 18.9 Å². The smallest absolute Gasteiger partial charge is 0.184 e. The van der Waals surface area contributed by atoms with E-state index >= 15 is 0 Å². The van der Waals surface area contributed by atoms with Crippen LogP contribution in [0.15, 0.2) is 61.3 Å². The van der Waals surface area contributed by atoms with Crippen LogP contribution in [0.1, 0.15) is 6.92 Å². The number of allylic oxidation sites excluding steroid dienone is 3. The van der Waals surface area contributed by atoms with E-state index in [-0.39, 0.29) is 6.61 Å². The van der Waals surface area contributed by atoms with E-state index in [9.17, 15) is 10.2 Å². The molecule has 6 nitrogen and oxygen atoms in total. The van der Waals surface area contributed by atoms with Crippen LogP contribution in [0.25, 0.3) is 0 Å². The molecular weight excluding hydrogens is 324 g/mol. The van der Waals surface area contributed by atoms with Crippen LogP contribution in [-0.2, 0) is 18.9 Å². The van der Waals surface area contributed by atoms with Gasteiger partial charge in [0.15, 0.2) is 12.6 Å². The van der Waals surface area contributed by atoms with Gasteiger partial charge in [0.1, 0.15) is 24.4 Å². The van der Waals surface area contributed by atoms with Gasteiger partial charge in [-0.1, -0.05) is 50.1 Å². The minimum absolute atomic E-state index is 0.257. The Labute approximate surface area is 148 Å². The summed E-state index contributed by atoms with van der Waals surface area (Å²) in [6.45, 7) is 12.8. The van der Waals surface area contributed by atoms with E-state index in [1.807, 2.05) is 13.0 Å². The molecule has 6 unspecified atom stereocenters. The third-order valence-electron chi connectivity index (χ3n) is 4.19. The molecule has 0 amide bonds. The molecule has 0 aliphatic carbocycles. The Balaban J connectivity index is 2.25. The maximum absolute atomic E-state index is 10.2. The fraction of sp³-hybridized carbons (Fsp3) is 0.474. The molecule has 6 atom stereocenters. The minimum atomic E-state index is -1.12. The zero-order valence-electron chi connectivity index (χ0n) is 14.4. The highest BCUT2D eigenvalue weighted by Crippen LogP contribution is 2.33. The molecule has 2 fully saturated rings. The van der Waals surface area contributed by atoms with Crippen LogP contribution in [0.4, 0.5) is 0 Å². The Kier molecular flexibility index (Phi) is 7.31.